The monoisotopic (exact) mass is 810 g/mol. The minimum absolute atomic E-state index is 0.1000. The summed E-state index contributed by atoms with van der Waals surface area (Å²) in [6.45, 7) is 3.10. The number of unbranched alkanes of at least 4 members (excludes halogenated alkanes) is 6. The largest absolute Gasteiger partial charge is 0.494 e. The summed E-state index contributed by atoms with van der Waals surface area (Å²) in [5, 5.41) is 0. The van der Waals surface area contributed by atoms with Gasteiger partial charge in [-0.3, -0.25) is 0 Å². The van der Waals surface area contributed by atoms with E-state index in [2.05, 4.69) is 11.7 Å². The Labute approximate surface area is 316 Å². The number of alkyl halides is 9. The second-order valence-electron chi connectivity index (χ2n) is 12.8. The van der Waals surface area contributed by atoms with Gasteiger partial charge in [0.2, 0.25) is 0 Å². The molecule has 3 aromatic carbocycles. The zero-order chi connectivity index (χ0) is 41.7. The molecular weight excluding hydrogens is 770 g/mol. The van der Waals surface area contributed by atoms with E-state index in [0.717, 1.165) is 42.9 Å². The third-order valence-electron chi connectivity index (χ3n) is 8.39. The van der Waals surface area contributed by atoms with Crippen molar-refractivity contribution < 1.29 is 77.2 Å². The van der Waals surface area contributed by atoms with Gasteiger partial charge in [-0.25, -0.2) is 18.8 Å². The molecule has 0 aromatic heterocycles. The number of ether oxygens (including phenoxy) is 4. The summed E-state index contributed by atoms with van der Waals surface area (Å²) in [6, 6.07) is 16.6. The molecule has 0 bridgehead atoms. The van der Waals surface area contributed by atoms with E-state index >= 15 is 0 Å². The summed E-state index contributed by atoms with van der Waals surface area (Å²) >= 11 is 0. The summed E-state index contributed by atoms with van der Waals surface area (Å²) in [5.41, 5.74) is 1.40. The Kier molecular flexibility index (Phi) is 16.1. The molecule has 0 saturated carbocycles. The van der Waals surface area contributed by atoms with E-state index in [4.69, 9.17) is 14.2 Å². The third-order valence-corrected chi connectivity index (χ3v) is 8.39. The van der Waals surface area contributed by atoms with Crippen molar-refractivity contribution in [2.24, 2.45) is 0 Å². The summed E-state index contributed by atoms with van der Waals surface area (Å²) in [6.07, 6.45) is -1.88. The Hall–Kier alpha value is -4.83. The molecule has 0 aliphatic carbocycles. The normalized spacial score (nSPS) is 12.9. The number of halogens is 10. The highest BCUT2D eigenvalue weighted by molar-refractivity contribution is 5.92. The molecule has 0 spiro atoms. The Morgan fingerprint density at radius 1 is 0.643 bits per heavy atom. The van der Waals surface area contributed by atoms with Crippen molar-refractivity contribution in [2.45, 2.75) is 102 Å². The number of hydrogen-bond donors (Lipinski definition) is 0. The number of esters is 3. The van der Waals surface area contributed by atoms with Gasteiger partial charge < -0.3 is 18.9 Å². The van der Waals surface area contributed by atoms with Crippen molar-refractivity contribution in [3.05, 3.63) is 83.7 Å². The molecule has 0 radical (unpaired) electrons. The molecule has 7 nitrogen and oxygen atoms in total. The highest BCUT2D eigenvalue weighted by atomic mass is 19.4. The minimum Gasteiger partial charge on any atom is -0.494 e. The molecule has 0 aliphatic heterocycles. The lowest BCUT2D eigenvalue weighted by Gasteiger charge is -2.32. The van der Waals surface area contributed by atoms with Gasteiger partial charge in [-0.05, 0) is 93.0 Å². The van der Waals surface area contributed by atoms with Crippen LogP contribution in [0.5, 0.6) is 11.5 Å². The number of rotatable bonds is 21. The predicted molar refractivity (Wildman–Crippen MR) is 183 cm³/mol. The lowest BCUT2D eigenvalue weighted by molar-refractivity contribution is -0.390. The molecule has 0 N–H and O–H groups in total. The highest BCUT2D eigenvalue weighted by Crippen LogP contribution is 2.53. The molecule has 308 valence electrons. The molecule has 0 aliphatic rings. The van der Waals surface area contributed by atoms with E-state index < -0.39 is 54.3 Å². The van der Waals surface area contributed by atoms with E-state index in [1.54, 1.807) is 43.3 Å². The molecule has 0 heterocycles. The standard InChI is InChI=1S/C39H40F10O7/c1-3-4-5-8-11-25(2)55-34(51)31-21-20-30(24-32(31)40)56-33(50)28-14-12-26(13-15-28)27-16-18-29(19-17-27)53-22-9-6-7-10-23-54-35(52)36(41,42)37(43,44)38(45,46)39(47,48)49/h12-21,24-25H,3-11,22-23H2,1-2H3/t25-/m0/s1. The van der Waals surface area contributed by atoms with Crippen molar-refractivity contribution in [1.82, 2.24) is 0 Å². The lowest BCUT2D eigenvalue weighted by Crippen LogP contribution is -2.63. The maximum absolute atomic E-state index is 14.7. The van der Waals surface area contributed by atoms with Gasteiger partial charge in [0, 0.05) is 6.07 Å². The van der Waals surface area contributed by atoms with Crippen LogP contribution in [-0.4, -0.2) is 61.2 Å². The zero-order valence-corrected chi connectivity index (χ0v) is 30.3. The first kappa shape index (κ1) is 45.6. The molecule has 0 unspecified atom stereocenters. The maximum atomic E-state index is 14.7. The average molecular weight is 811 g/mol. The van der Waals surface area contributed by atoms with Crippen LogP contribution >= 0.6 is 0 Å². The van der Waals surface area contributed by atoms with E-state index in [1.165, 1.54) is 24.3 Å². The Bertz CT molecular complexity index is 1740. The van der Waals surface area contributed by atoms with E-state index in [-0.39, 0.29) is 42.4 Å². The SMILES string of the molecule is CCCCCC[C@H](C)OC(=O)c1ccc(OC(=O)c2ccc(-c3ccc(OCCCCCCOC(=O)C(F)(F)C(F)(F)C(F)(F)C(F)(F)F)cc3)cc2)cc1F. The van der Waals surface area contributed by atoms with Gasteiger partial charge >= 0.3 is 41.9 Å². The van der Waals surface area contributed by atoms with Gasteiger partial charge in [0.05, 0.1) is 30.4 Å². The van der Waals surface area contributed by atoms with E-state index in [0.29, 0.717) is 25.0 Å². The maximum Gasteiger partial charge on any atom is 0.460 e. The number of hydrogen-bond acceptors (Lipinski definition) is 7. The van der Waals surface area contributed by atoms with Crippen LogP contribution in [0, 0.1) is 5.82 Å². The van der Waals surface area contributed by atoms with Crippen molar-refractivity contribution in [3.8, 4) is 22.6 Å². The predicted octanol–water partition coefficient (Wildman–Crippen LogP) is 11.2. The van der Waals surface area contributed by atoms with Crippen LogP contribution in [0.1, 0.15) is 92.4 Å². The fraction of sp³-hybridized carbons (Fsp3) is 0.462. The first-order valence-corrected chi connectivity index (χ1v) is 17.7. The quantitative estimate of drug-likeness (QED) is 0.0458. The van der Waals surface area contributed by atoms with Crippen LogP contribution in [0.25, 0.3) is 11.1 Å². The molecule has 0 saturated heterocycles. The highest BCUT2D eigenvalue weighted by Gasteiger charge is 2.84. The van der Waals surface area contributed by atoms with Crippen LogP contribution in [0.4, 0.5) is 43.9 Å². The Balaban J connectivity index is 1.39. The van der Waals surface area contributed by atoms with Gasteiger partial charge in [-0.1, -0.05) is 50.5 Å². The number of carbonyl (C=O) groups is 3. The van der Waals surface area contributed by atoms with Crippen LogP contribution in [-0.2, 0) is 14.3 Å². The molecule has 3 aromatic rings. The van der Waals surface area contributed by atoms with Crippen molar-refractivity contribution >= 4 is 17.9 Å². The fourth-order valence-electron chi connectivity index (χ4n) is 5.10. The summed E-state index contributed by atoms with van der Waals surface area (Å²) in [5.74, 6) is -26.0. The first-order valence-electron chi connectivity index (χ1n) is 17.7. The molecule has 0 fully saturated rings. The number of benzene rings is 3. The van der Waals surface area contributed by atoms with Crippen LogP contribution in [0.2, 0.25) is 0 Å². The van der Waals surface area contributed by atoms with Gasteiger partial charge in [0.25, 0.3) is 0 Å². The van der Waals surface area contributed by atoms with Gasteiger partial charge in [0.15, 0.2) is 0 Å². The second-order valence-corrected chi connectivity index (χ2v) is 12.8. The minimum atomic E-state index is -7.18. The number of carbonyl (C=O) groups excluding carboxylic acids is 3. The molecular formula is C39H40F10O7. The zero-order valence-electron chi connectivity index (χ0n) is 30.3. The van der Waals surface area contributed by atoms with Gasteiger partial charge in [-0.2, -0.15) is 39.5 Å². The third kappa shape index (κ3) is 11.8. The molecule has 56 heavy (non-hydrogen) atoms. The van der Waals surface area contributed by atoms with E-state index in [1.807, 2.05) is 0 Å². The van der Waals surface area contributed by atoms with Gasteiger partial charge in [-0.15, -0.1) is 0 Å². The fourth-order valence-corrected chi connectivity index (χ4v) is 5.10. The first-order chi connectivity index (χ1) is 26.2. The molecule has 3 rings (SSSR count). The van der Waals surface area contributed by atoms with E-state index in [9.17, 15) is 58.3 Å². The Morgan fingerprint density at radius 3 is 1.77 bits per heavy atom. The summed E-state index contributed by atoms with van der Waals surface area (Å²) < 4.78 is 151. The van der Waals surface area contributed by atoms with Crippen molar-refractivity contribution in [3.63, 3.8) is 0 Å². The lowest BCUT2D eigenvalue weighted by atomic mass is 10.0. The molecule has 0 amide bonds. The van der Waals surface area contributed by atoms with Crippen LogP contribution in [0.15, 0.2) is 66.7 Å². The Morgan fingerprint density at radius 2 is 1.20 bits per heavy atom. The van der Waals surface area contributed by atoms with Crippen molar-refractivity contribution in [1.29, 1.82) is 0 Å². The topological polar surface area (TPSA) is 88.1 Å². The molecule has 1 atom stereocenters. The summed E-state index contributed by atoms with van der Waals surface area (Å²) in [4.78, 5) is 36.4. The second kappa shape index (κ2) is 19.9. The average Bonchev–Trinajstić information content (AvgIpc) is 3.14. The van der Waals surface area contributed by atoms with Crippen LogP contribution < -0.4 is 9.47 Å². The van der Waals surface area contributed by atoms with Gasteiger partial charge in [0.1, 0.15) is 17.3 Å². The van der Waals surface area contributed by atoms with Crippen molar-refractivity contribution in [2.75, 3.05) is 13.2 Å². The van der Waals surface area contributed by atoms with Crippen LogP contribution in [0.3, 0.4) is 0 Å². The smallest absolute Gasteiger partial charge is 0.460 e. The summed E-state index contributed by atoms with van der Waals surface area (Å²) in [7, 11) is 0. The molecule has 17 heteroatoms.